The lowest BCUT2D eigenvalue weighted by Crippen LogP contribution is -2.45. The fourth-order valence-corrected chi connectivity index (χ4v) is 3.99. The summed E-state index contributed by atoms with van der Waals surface area (Å²) in [6, 6.07) is 20.8. The van der Waals surface area contributed by atoms with Gasteiger partial charge in [0.25, 0.3) is 0 Å². The molecule has 0 radical (unpaired) electrons. The Kier molecular flexibility index (Phi) is 2.69. The van der Waals surface area contributed by atoms with Gasteiger partial charge in [-0.1, -0.05) is 61.5 Å². The third kappa shape index (κ3) is 1.72. The van der Waals surface area contributed by atoms with Crippen molar-refractivity contribution < 1.29 is 0 Å². The summed E-state index contributed by atoms with van der Waals surface area (Å²) in [5.74, 6) is 0. The van der Waals surface area contributed by atoms with Crippen molar-refractivity contribution in [2.75, 3.05) is 0 Å². The second kappa shape index (κ2) is 4.44. The number of quaternary nitrogens is 1. The molecule has 0 bridgehead atoms. The quantitative estimate of drug-likeness (QED) is 0.722. The number of hydrogen-bond acceptors (Lipinski definition) is 0. The summed E-state index contributed by atoms with van der Waals surface area (Å²) in [6.45, 7) is 3.25. The van der Waals surface area contributed by atoms with Crippen LogP contribution in [0.1, 0.15) is 24.5 Å². The molecule has 0 aromatic heterocycles. The Morgan fingerprint density at radius 1 is 1.05 bits per heavy atom. The van der Waals surface area contributed by atoms with Gasteiger partial charge in [-0.05, 0) is 12.5 Å². The Bertz CT molecular complexity index is 622. The van der Waals surface area contributed by atoms with Crippen LogP contribution in [0.15, 0.2) is 54.6 Å². The zero-order valence-electron chi connectivity index (χ0n) is 11.9. The molecule has 4 rings (SSSR count). The van der Waals surface area contributed by atoms with Crippen LogP contribution >= 0.6 is 0 Å². The highest BCUT2D eigenvalue weighted by atomic mass is 15.7. The molecule has 2 heteroatoms. The molecule has 2 aromatic carbocycles. The van der Waals surface area contributed by atoms with Crippen LogP contribution < -0.4 is 4.59 Å². The van der Waals surface area contributed by atoms with Crippen molar-refractivity contribution in [1.82, 2.24) is 4.59 Å². The fourth-order valence-electron chi connectivity index (χ4n) is 3.99. The van der Waals surface area contributed by atoms with Crippen LogP contribution in [0.2, 0.25) is 0 Å². The van der Waals surface area contributed by atoms with Crippen molar-refractivity contribution in [1.29, 1.82) is 0 Å². The highest BCUT2D eigenvalue weighted by Crippen LogP contribution is 2.50. The molecule has 2 aliphatic heterocycles. The van der Waals surface area contributed by atoms with Crippen LogP contribution in [-0.2, 0) is 13.0 Å². The largest absolute Gasteiger partial charge is 0.444 e. The maximum Gasteiger partial charge on any atom is 0.127 e. The molecule has 2 nitrogen and oxygen atoms in total. The summed E-state index contributed by atoms with van der Waals surface area (Å²) in [5, 5.41) is 0. The van der Waals surface area contributed by atoms with E-state index < -0.39 is 0 Å². The first-order valence-corrected chi connectivity index (χ1v) is 7.50. The summed E-state index contributed by atoms with van der Waals surface area (Å²) >= 11 is 0. The number of nitrogens with zero attached hydrogens (tertiary/aromatic N) is 2. The van der Waals surface area contributed by atoms with Crippen LogP contribution in [0, 0.1) is 0 Å². The van der Waals surface area contributed by atoms with Crippen LogP contribution in [0.5, 0.6) is 0 Å². The molecule has 1 unspecified atom stereocenters. The number of rotatable bonds is 2. The van der Waals surface area contributed by atoms with Crippen LogP contribution in [0.25, 0.3) is 5.43 Å². The van der Waals surface area contributed by atoms with Crippen molar-refractivity contribution in [3.8, 4) is 0 Å². The first kappa shape index (κ1) is 12.1. The summed E-state index contributed by atoms with van der Waals surface area (Å²) < 4.78 is 0.821. The topological polar surface area (TPSA) is 14.1 Å². The van der Waals surface area contributed by atoms with E-state index in [9.17, 15) is 0 Å². The lowest BCUT2D eigenvalue weighted by atomic mass is 10.1. The number of benzene rings is 2. The Labute approximate surface area is 120 Å². The van der Waals surface area contributed by atoms with E-state index in [0.717, 1.165) is 11.1 Å². The van der Waals surface area contributed by atoms with Crippen molar-refractivity contribution in [3.05, 3.63) is 71.1 Å². The van der Waals surface area contributed by atoms with E-state index in [-0.39, 0.29) is 0 Å². The molecule has 102 valence electrons. The van der Waals surface area contributed by atoms with Gasteiger partial charge in [0.15, 0.2) is 0 Å². The van der Waals surface area contributed by atoms with Gasteiger partial charge in [0.05, 0.1) is 6.04 Å². The van der Waals surface area contributed by atoms with Gasteiger partial charge in [0, 0.05) is 17.5 Å². The highest BCUT2D eigenvalue weighted by molar-refractivity contribution is 5.59. The second-order valence-electron chi connectivity index (χ2n) is 6.16. The van der Waals surface area contributed by atoms with Gasteiger partial charge in [-0.15, -0.1) is 0 Å². The molecule has 0 aliphatic carbocycles. The Hall–Kier alpha value is -1.64. The van der Waals surface area contributed by atoms with Gasteiger partial charge in [0.1, 0.15) is 12.2 Å². The van der Waals surface area contributed by atoms with Crippen molar-refractivity contribution in [2.45, 2.75) is 38.4 Å². The number of para-hydroxylation sites is 1. The highest BCUT2D eigenvalue weighted by Gasteiger charge is 2.45. The second-order valence-corrected chi connectivity index (χ2v) is 6.16. The van der Waals surface area contributed by atoms with E-state index in [1.54, 1.807) is 0 Å². The van der Waals surface area contributed by atoms with Gasteiger partial charge in [-0.25, -0.2) is 0 Å². The van der Waals surface area contributed by atoms with Gasteiger partial charge < -0.3 is 10.0 Å². The summed E-state index contributed by atoms with van der Waals surface area (Å²) in [5.41, 5.74) is 9.45. The van der Waals surface area contributed by atoms with E-state index >= 15 is 0 Å². The maximum absolute atomic E-state index is 5.16. The predicted octanol–water partition coefficient (Wildman–Crippen LogP) is 4.20. The SMILES string of the molecule is C[C@H]1C[C@@H]2Cc3ccccc3[N+]2(Cc2ccccc2)[N-]1. The third-order valence-corrected chi connectivity index (χ3v) is 4.75. The minimum Gasteiger partial charge on any atom is -0.444 e. The van der Waals surface area contributed by atoms with Crippen LogP contribution in [0.4, 0.5) is 5.69 Å². The molecule has 2 aliphatic rings. The fraction of sp³-hybridized carbons (Fsp3) is 0.333. The smallest absolute Gasteiger partial charge is 0.127 e. The molecule has 0 spiro atoms. The molecule has 0 N–H and O–H groups in total. The van der Waals surface area contributed by atoms with Crippen molar-refractivity contribution in [3.63, 3.8) is 0 Å². The van der Waals surface area contributed by atoms with Crippen LogP contribution in [-0.4, -0.2) is 12.1 Å². The monoisotopic (exact) mass is 264 g/mol. The number of hydrogen-bond donors (Lipinski definition) is 0. The lowest BCUT2D eigenvalue weighted by Gasteiger charge is -2.46. The Morgan fingerprint density at radius 2 is 1.80 bits per heavy atom. The number of fused-ring (bicyclic) bond motifs is 3. The Morgan fingerprint density at radius 3 is 2.65 bits per heavy atom. The molecule has 2 heterocycles. The third-order valence-electron chi connectivity index (χ3n) is 4.75. The van der Waals surface area contributed by atoms with E-state index in [1.165, 1.54) is 29.7 Å². The van der Waals surface area contributed by atoms with Crippen molar-refractivity contribution in [2.24, 2.45) is 0 Å². The average molecular weight is 264 g/mol. The molecule has 1 fully saturated rings. The summed E-state index contributed by atoms with van der Waals surface area (Å²) in [6.07, 6.45) is 2.39. The summed E-state index contributed by atoms with van der Waals surface area (Å²) in [4.78, 5) is 0. The molecule has 1 saturated heterocycles. The van der Waals surface area contributed by atoms with Crippen molar-refractivity contribution >= 4 is 5.69 Å². The molecular weight excluding hydrogens is 244 g/mol. The molecule has 20 heavy (non-hydrogen) atoms. The first-order valence-electron chi connectivity index (χ1n) is 7.50. The van der Waals surface area contributed by atoms with Gasteiger partial charge in [0.2, 0.25) is 0 Å². The van der Waals surface area contributed by atoms with Crippen LogP contribution in [0.3, 0.4) is 0 Å². The van der Waals surface area contributed by atoms with E-state index in [0.29, 0.717) is 12.1 Å². The van der Waals surface area contributed by atoms with E-state index in [4.69, 9.17) is 5.43 Å². The molecular formula is C18H20N2. The van der Waals surface area contributed by atoms with E-state index in [2.05, 4.69) is 61.5 Å². The van der Waals surface area contributed by atoms with Gasteiger partial charge in [-0.3, -0.25) is 0 Å². The van der Waals surface area contributed by atoms with E-state index in [1.807, 2.05) is 0 Å². The standard InChI is InChI=1S/C18H20N2/c1-14-11-17-12-16-9-5-6-10-18(16)20(17,19-14)13-15-7-3-2-4-8-15/h2-10,14,17H,11-13H2,1H3/t14-,17+,20?/m0/s1. The zero-order valence-corrected chi connectivity index (χ0v) is 11.9. The molecule has 3 atom stereocenters. The lowest BCUT2D eigenvalue weighted by molar-refractivity contribution is 0.308. The zero-order chi connectivity index (χ0) is 13.6. The molecule has 0 amide bonds. The minimum absolute atomic E-state index is 0.470. The first-order chi connectivity index (χ1) is 9.78. The molecule has 0 saturated carbocycles. The average Bonchev–Trinajstić information content (AvgIpc) is 2.91. The predicted molar refractivity (Wildman–Crippen MR) is 83.3 cm³/mol. The molecule has 2 aromatic rings. The van der Waals surface area contributed by atoms with Gasteiger partial charge >= 0.3 is 0 Å². The normalized spacial score (nSPS) is 31.1. The minimum atomic E-state index is 0.470. The maximum atomic E-state index is 5.16. The van der Waals surface area contributed by atoms with Gasteiger partial charge in [-0.2, -0.15) is 0 Å². The Balaban J connectivity index is 1.79. The summed E-state index contributed by atoms with van der Waals surface area (Å²) in [7, 11) is 0.